The number of hydrogen-bond acceptors (Lipinski definition) is 5. The van der Waals surface area contributed by atoms with Gasteiger partial charge in [-0.1, -0.05) is 30.7 Å². The first-order valence-corrected chi connectivity index (χ1v) is 11.3. The number of methoxy groups -OCH3 is 1. The number of amides is 1. The fourth-order valence-electron chi connectivity index (χ4n) is 4.62. The van der Waals surface area contributed by atoms with Crippen LogP contribution in [0.3, 0.4) is 0 Å². The molecule has 0 aromatic heterocycles. The number of benzene rings is 2. The van der Waals surface area contributed by atoms with Gasteiger partial charge < -0.3 is 19.7 Å². The molecule has 2 aromatic carbocycles. The van der Waals surface area contributed by atoms with Crippen molar-refractivity contribution in [3.8, 4) is 11.5 Å². The average Bonchev–Trinajstić information content (AvgIpc) is 3.19. The van der Waals surface area contributed by atoms with Gasteiger partial charge >= 0.3 is 0 Å². The highest BCUT2D eigenvalue weighted by Crippen LogP contribution is 2.32. The van der Waals surface area contributed by atoms with E-state index in [4.69, 9.17) is 9.47 Å². The normalized spacial score (nSPS) is 17.2. The minimum Gasteiger partial charge on any atom is -0.493 e. The van der Waals surface area contributed by atoms with Crippen LogP contribution in [0.2, 0.25) is 0 Å². The van der Waals surface area contributed by atoms with Crippen molar-refractivity contribution in [2.24, 2.45) is 0 Å². The summed E-state index contributed by atoms with van der Waals surface area (Å²) < 4.78 is 11.0. The summed E-state index contributed by atoms with van der Waals surface area (Å²) in [4.78, 5) is 17.4. The summed E-state index contributed by atoms with van der Waals surface area (Å²) in [6.07, 6.45) is 4.81. The second-order valence-electron chi connectivity index (χ2n) is 8.42. The summed E-state index contributed by atoms with van der Waals surface area (Å²) >= 11 is 0. The van der Waals surface area contributed by atoms with Crippen LogP contribution in [0.1, 0.15) is 36.4 Å². The summed E-state index contributed by atoms with van der Waals surface area (Å²) in [6, 6.07) is 14.4. The van der Waals surface area contributed by atoms with Crippen LogP contribution < -0.4 is 19.7 Å². The third kappa shape index (κ3) is 5.13. The van der Waals surface area contributed by atoms with Gasteiger partial charge in [-0.2, -0.15) is 0 Å². The molecule has 0 aliphatic carbocycles. The molecule has 1 amide bonds. The molecule has 0 radical (unpaired) electrons. The lowest BCUT2D eigenvalue weighted by Gasteiger charge is -2.35. The second-order valence-corrected chi connectivity index (χ2v) is 8.42. The van der Waals surface area contributed by atoms with E-state index in [1.165, 1.54) is 36.1 Å². The molecule has 1 atom stereocenters. The van der Waals surface area contributed by atoms with Gasteiger partial charge in [-0.3, -0.25) is 9.69 Å². The van der Waals surface area contributed by atoms with Gasteiger partial charge in [0.15, 0.2) is 18.1 Å². The number of piperidine rings is 1. The van der Waals surface area contributed by atoms with Gasteiger partial charge in [0, 0.05) is 25.8 Å². The number of carbonyl (C=O) groups excluding carboxylic acids is 1. The van der Waals surface area contributed by atoms with E-state index in [-0.39, 0.29) is 18.6 Å². The quantitative estimate of drug-likeness (QED) is 0.705. The van der Waals surface area contributed by atoms with Gasteiger partial charge in [0.2, 0.25) is 0 Å². The summed E-state index contributed by atoms with van der Waals surface area (Å²) in [5.74, 6) is 1.09. The molecule has 1 fully saturated rings. The largest absolute Gasteiger partial charge is 0.493 e. The Morgan fingerprint density at radius 3 is 2.61 bits per heavy atom. The first-order chi connectivity index (χ1) is 15.2. The fourth-order valence-corrected chi connectivity index (χ4v) is 4.62. The van der Waals surface area contributed by atoms with Crippen molar-refractivity contribution in [2.75, 3.05) is 51.8 Å². The summed E-state index contributed by atoms with van der Waals surface area (Å²) in [5, 5.41) is 3.11. The molecule has 0 unspecified atom stereocenters. The monoisotopic (exact) mass is 423 g/mol. The van der Waals surface area contributed by atoms with E-state index in [2.05, 4.69) is 40.4 Å². The Balaban J connectivity index is 1.41. The third-order valence-corrected chi connectivity index (χ3v) is 6.37. The molecule has 2 aliphatic rings. The molecule has 31 heavy (non-hydrogen) atoms. The Hall–Kier alpha value is -2.73. The number of carbonyl (C=O) groups is 1. The van der Waals surface area contributed by atoms with E-state index < -0.39 is 0 Å². The molecule has 4 rings (SSSR count). The molecule has 2 heterocycles. The van der Waals surface area contributed by atoms with Crippen LogP contribution in [0.4, 0.5) is 5.69 Å². The van der Waals surface area contributed by atoms with Gasteiger partial charge in [0.1, 0.15) is 0 Å². The lowest BCUT2D eigenvalue weighted by molar-refractivity contribution is -0.123. The average molecular weight is 424 g/mol. The number of ether oxygens (including phenoxy) is 2. The van der Waals surface area contributed by atoms with Crippen LogP contribution >= 0.6 is 0 Å². The molecule has 2 aromatic rings. The Labute approximate surface area is 185 Å². The minimum atomic E-state index is -0.117. The number of anilines is 1. The van der Waals surface area contributed by atoms with Crippen LogP contribution in [-0.4, -0.2) is 57.8 Å². The maximum absolute atomic E-state index is 12.6. The van der Waals surface area contributed by atoms with Crippen LogP contribution in [0.15, 0.2) is 42.5 Å². The molecule has 0 saturated carbocycles. The lowest BCUT2D eigenvalue weighted by atomic mass is 9.98. The van der Waals surface area contributed by atoms with E-state index in [9.17, 15) is 4.79 Å². The number of nitrogens with one attached hydrogen (secondary N) is 1. The molecule has 0 bridgehead atoms. The number of fused-ring (bicyclic) bond motifs is 1. The molecule has 6 heteroatoms. The van der Waals surface area contributed by atoms with Crippen molar-refractivity contribution >= 4 is 11.6 Å². The smallest absolute Gasteiger partial charge is 0.258 e. The maximum Gasteiger partial charge on any atom is 0.258 e. The summed E-state index contributed by atoms with van der Waals surface area (Å²) in [5.41, 5.74) is 4.03. The van der Waals surface area contributed by atoms with Crippen molar-refractivity contribution in [1.82, 2.24) is 10.2 Å². The topological polar surface area (TPSA) is 54.0 Å². The zero-order valence-corrected chi connectivity index (χ0v) is 18.6. The Kier molecular flexibility index (Phi) is 6.97. The van der Waals surface area contributed by atoms with Gasteiger partial charge in [-0.05, 0) is 61.7 Å². The predicted molar refractivity (Wildman–Crippen MR) is 123 cm³/mol. The zero-order chi connectivity index (χ0) is 21.6. The molecule has 2 aliphatic heterocycles. The molecule has 1 N–H and O–H groups in total. The second kappa shape index (κ2) is 10.1. The molecule has 6 nitrogen and oxygen atoms in total. The van der Waals surface area contributed by atoms with E-state index in [0.717, 1.165) is 26.1 Å². The van der Waals surface area contributed by atoms with E-state index in [1.54, 1.807) is 7.11 Å². The first kappa shape index (κ1) is 21.5. The highest BCUT2D eigenvalue weighted by molar-refractivity contribution is 5.77. The summed E-state index contributed by atoms with van der Waals surface area (Å²) in [6.45, 7) is 3.79. The van der Waals surface area contributed by atoms with Crippen molar-refractivity contribution in [3.05, 3.63) is 53.6 Å². The Bertz CT molecular complexity index is 895. The van der Waals surface area contributed by atoms with Crippen LogP contribution in [-0.2, 0) is 11.2 Å². The first-order valence-electron chi connectivity index (χ1n) is 11.3. The van der Waals surface area contributed by atoms with Gasteiger partial charge in [0.05, 0.1) is 13.2 Å². The van der Waals surface area contributed by atoms with Crippen LogP contribution in [0.5, 0.6) is 11.5 Å². The Morgan fingerprint density at radius 2 is 1.84 bits per heavy atom. The SMILES string of the molecule is COc1ccccc1OCC(=O)NC[C@@H](c1ccc2c(c1)CCN2C)N1CCCCC1. The van der Waals surface area contributed by atoms with Crippen LogP contribution in [0.25, 0.3) is 0 Å². The molecule has 0 spiro atoms. The van der Waals surface area contributed by atoms with Crippen molar-refractivity contribution in [1.29, 1.82) is 0 Å². The Morgan fingerprint density at radius 1 is 1.06 bits per heavy atom. The highest BCUT2D eigenvalue weighted by Gasteiger charge is 2.25. The molecular formula is C25H33N3O3. The fraction of sp³-hybridized carbons (Fsp3) is 0.480. The molecular weight excluding hydrogens is 390 g/mol. The van der Waals surface area contributed by atoms with Crippen LogP contribution in [0, 0.1) is 0 Å². The van der Waals surface area contributed by atoms with Crippen molar-refractivity contribution in [3.63, 3.8) is 0 Å². The zero-order valence-electron chi connectivity index (χ0n) is 18.6. The minimum absolute atomic E-state index is 0.0257. The lowest BCUT2D eigenvalue weighted by Crippen LogP contribution is -2.41. The van der Waals surface area contributed by atoms with Gasteiger partial charge in [-0.15, -0.1) is 0 Å². The van der Waals surface area contributed by atoms with E-state index in [1.807, 2.05) is 24.3 Å². The van der Waals surface area contributed by atoms with Gasteiger partial charge in [0.25, 0.3) is 5.91 Å². The van der Waals surface area contributed by atoms with Crippen molar-refractivity contribution < 1.29 is 14.3 Å². The number of likely N-dealkylation sites (N-methyl/N-ethyl adjacent to an activating group) is 1. The number of para-hydroxylation sites is 2. The van der Waals surface area contributed by atoms with E-state index >= 15 is 0 Å². The number of hydrogen-bond donors (Lipinski definition) is 1. The number of nitrogens with zero attached hydrogens (tertiary/aromatic N) is 2. The summed E-state index contributed by atoms with van der Waals surface area (Å²) in [7, 11) is 3.75. The number of likely N-dealkylation sites (tertiary alicyclic amines) is 1. The van der Waals surface area contributed by atoms with Crippen molar-refractivity contribution in [2.45, 2.75) is 31.7 Å². The molecule has 1 saturated heterocycles. The molecule has 166 valence electrons. The highest BCUT2D eigenvalue weighted by atomic mass is 16.5. The maximum atomic E-state index is 12.6. The van der Waals surface area contributed by atoms with E-state index in [0.29, 0.717) is 18.0 Å². The van der Waals surface area contributed by atoms with Gasteiger partial charge in [-0.25, -0.2) is 0 Å². The third-order valence-electron chi connectivity index (χ3n) is 6.37. The predicted octanol–water partition coefficient (Wildman–Crippen LogP) is 3.41. The number of rotatable bonds is 8. The standard InChI is InChI=1S/C25H33N3O3/c1-27-15-12-20-16-19(10-11-21(20)27)22(28-13-6-3-7-14-28)17-26-25(29)18-31-24-9-5-4-8-23(24)30-2/h4-5,8-11,16,22H,3,6-7,12-15,17-18H2,1-2H3,(H,26,29)/t22-/m0/s1.